The van der Waals surface area contributed by atoms with Crippen molar-refractivity contribution in [1.82, 2.24) is 10.3 Å². The van der Waals surface area contributed by atoms with E-state index >= 15 is 0 Å². The molecule has 4 nitrogen and oxygen atoms in total. The van der Waals surface area contributed by atoms with Crippen molar-refractivity contribution in [2.45, 2.75) is 31.9 Å². The minimum atomic E-state index is -0.951. The molecule has 2 atom stereocenters. The molecular formula is C12H15FN2O2. The average molecular weight is 238 g/mol. The number of pyridine rings is 1. The van der Waals surface area contributed by atoms with Crippen LogP contribution in [-0.2, 0) is 18.0 Å². The highest BCUT2D eigenvalue weighted by Crippen LogP contribution is 2.24. The molecule has 2 aliphatic heterocycles. The van der Waals surface area contributed by atoms with E-state index < -0.39 is 6.17 Å². The second kappa shape index (κ2) is 4.58. The first kappa shape index (κ1) is 10.9. The summed E-state index contributed by atoms with van der Waals surface area (Å²) in [4.78, 5) is 4.26. The number of ether oxygens (including phenoxy) is 2. The lowest BCUT2D eigenvalue weighted by Crippen LogP contribution is -2.44. The van der Waals surface area contributed by atoms with Crippen LogP contribution in [0.1, 0.15) is 17.7 Å². The van der Waals surface area contributed by atoms with Crippen LogP contribution in [0.2, 0.25) is 0 Å². The third kappa shape index (κ3) is 2.25. The molecule has 3 heterocycles. The van der Waals surface area contributed by atoms with Crippen molar-refractivity contribution in [3.63, 3.8) is 0 Å². The second-order valence-corrected chi connectivity index (χ2v) is 4.43. The van der Waals surface area contributed by atoms with Crippen LogP contribution in [0.25, 0.3) is 0 Å². The molecule has 3 rings (SSSR count). The number of piperidine rings is 1. The van der Waals surface area contributed by atoms with Gasteiger partial charge in [0.15, 0.2) is 0 Å². The third-order valence-electron chi connectivity index (χ3n) is 3.17. The number of halogens is 1. The first-order valence-corrected chi connectivity index (χ1v) is 5.90. The molecule has 1 fully saturated rings. The van der Waals surface area contributed by atoms with Crippen molar-refractivity contribution >= 4 is 0 Å². The van der Waals surface area contributed by atoms with Gasteiger partial charge in [-0.25, -0.2) is 4.39 Å². The van der Waals surface area contributed by atoms with Gasteiger partial charge >= 0.3 is 0 Å². The molecule has 1 saturated heterocycles. The number of alkyl halides is 1. The van der Waals surface area contributed by atoms with Gasteiger partial charge in [0.05, 0.1) is 25.1 Å². The fraction of sp³-hybridized carbons (Fsp3) is 0.583. The van der Waals surface area contributed by atoms with Gasteiger partial charge in [-0.2, -0.15) is 0 Å². The molecule has 0 bridgehead atoms. The highest BCUT2D eigenvalue weighted by atomic mass is 19.1. The van der Waals surface area contributed by atoms with Gasteiger partial charge in [0.25, 0.3) is 0 Å². The highest BCUT2D eigenvalue weighted by molar-refractivity contribution is 5.30. The topological polar surface area (TPSA) is 43.4 Å². The van der Waals surface area contributed by atoms with E-state index in [9.17, 15) is 4.39 Å². The summed E-state index contributed by atoms with van der Waals surface area (Å²) < 4.78 is 24.5. The Bertz CT molecular complexity index is 413. The van der Waals surface area contributed by atoms with Gasteiger partial charge in [0.1, 0.15) is 18.0 Å². The molecule has 0 aromatic carbocycles. The Morgan fingerprint density at radius 3 is 3.29 bits per heavy atom. The Kier molecular flexibility index (Phi) is 2.94. The maximum absolute atomic E-state index is 13.6. The Morgan fingerprint density at radius 2 is 2.41 bits per heavy atom. The van der Waals surface area contributed by atoms with Crippen LogP contribution >= 0.6 is 0 Å². The van der Waals surface area contributed by atoms with Crippen LogP contribution in [0.15, 0.2) is 12.3 Å². The molecule has 2 unspecified atom stereocenters. The molecule has 1 aromatic rings. The van der Waals surface area contributed by atoms with Crippen LogP contribution in [0.3, 0.4) is 0 Å². The van der Waals surface area contributed by atoms with Gasteiger partial charge in [0, 0.05) is 12.1 Å². The van der Waals surface area contributed by atoms with E-state index in [0.29, 0.717) is 31.9 Å². The Labute approximate surface area is 99.1 Å². The summed E-state index contributed by atoms with van der Waals surface area (Å²) >= 11 is 0. The van der Waals surface area contributed by atoms with E-state index in [2.05, 4.69) is 10.3 Å². The number of nitrogens with zero attached hydrogens (tertiary/aromatic N) is 1. The zero-order valence-corrected chi connectivity index (χ0v) is 9.49. The van der Waals surface area contributed by atoms with E-state index in [1.807, 2.05) is 6.07 Å². The van der Waals surface area contributed by atoms with Gasteiger partial charge < -0.3 is 14.8 Å². The van der Waals surface area contributed by atoms with Gasteiger partial charge in [-0.3, -0.25) is 4.98 Å². The third-order valence-corrected chi connectivity index (χ3v) is 3.17. The smallest absolute Gasteiger partial charge is 0.149 e. The predicted molar refractivity (Wildman–Crippen MR) is 59.5 cm³/mol. The fourth-order valence-electron chi connectivity index (χ4n) is 2.20. The van der Waals surface area contributed by atoms with Crippen molar-refractivity contribution in [1.29, 1.82) is 0 Å². The van der Waals surface area contributed by atoms with E-state index in [-0.39, 0.29) is 6.10 Å². The van der Waals surface area contributed by atoms with Crippen molar-refractivity contribution in [3.05, 3.63) is 23.5 Å². The molecule has 2 aliphatic rings. The largest absolute Gasteiger partial charge is 0.486 e. The van der Waals surface area contributed by atoms with Crippen LogP contribution in [0, 0.1) is 0 Å². The molecule has 0 saturated carbocycles. The molecule has 0 aliphatic carbocycles. The summed E-state index contributed by atoms with van der Waals surface area (Å²) in [7, 11) is 0. The Morgan fingerprint density at radius 1 is 1.47 bits per heavy atom. The Balaban J connectivity index is 1.72. The lowest BCUT2D eigenvalue weighted by atomic mass is 10.1. The predicted octanol–water partition coefficient (Wildman–Crippen LogP) is 1.19. The molecule has 0 amide bonds. The lowest BCUT2D eigenvalue weighted by Gasteiger charge is -2.27. The lowest BCUT2D eigenvalue weighted by molar-refractivity contribution is 0.0727. The van der Waals surface area contributed by atoms with Crippen LogP contribution in [0.4, 0.5) is 4.39 Å². The van der Waals surface area contributed by atoms with Crippen LogP contribution < -0.4 is 10.1 Å². The molecule has 0 spiro atoms. The monoisotopic (exact) mass is 238 g/mol. The van der Waals surface area contributed by atoms with Crippen LogP contribution in [-0.4, -0.2) is 30.3 Å². The zero-order valence-electron chi connectivity index (χ0n) is 9.49. The summed E-state index contributed by atoms with van der Waals surface area (Å²) in [6.07, 6.45) is 1.03. The minimum Gasteiger partial charge on any atom is -0.486 e. The van der Waals surface area contributed by atoms with Gasteiger partial charge in [0.2, 0.25) is 0 Å². The molecule has 17 heavy (non-hydrogen) atoms. The van der Waals surface area contributed by atoms with Gasteiger partial charge in [-0.05, 0) is 19.0 Å². The number of aromatic nitrogens is 1. The van der Waals surface area contributed by atoms with E-state index in [1.54, 1.807) is 6.20 Å². The van der Waals surface area contributed by atoms with Crippen molar-refractivity contribution in [3.8, 4) is 5.75 Å². The SMILES string of the molecule is FC1CNCCC1Oc1cnc2c(c1)COC2. The number of fused-ring (bicyclic) bond motifs is 1. The number of hydrogen-bond acceptors (Lipinski definition) is 4. The molecule has 5 heteroatoms. The van der Waals surface area contributed by atoms with Gasteiger partial charge in [-0.1, -0.05) is 0 Å². The van der Waals surface area contributed by atoms with Crippen LogP contribution in [0.5, 0.6) is 5.75 Å². The van der Waals surface area contributed by atoms with E-state index in [1.165, 1.54) is 0 Å². The molecule has 92 valence electrons. The highest BCUT2D eigenvalue weighted by Gasteiger charge is 2.26. The number of hydrogen-bond donors (Lipinski definition) is 1. The number of rotatable bonds is 2. The summed E-state index contributed by atoms with van der Waals surface area (Å²) in [5.74, 6) is 0.642. The quantitative estimate of drug-likeness (QED) is 0.840. The average Bonchev–Trinajstić information content (AvgIpc) is 2.79. The van der Waals surface area contributed by atoms with Crippen molar-refractivity contribution < 1.29 is 13.9 Å². The maximum Gasteiger partial charge on any atom is 0.149 e. The van der Waals surface area contributed by atoms with Gasteiger partial charge in [-0.15, -0.1) is 0 Å². The van der Waals surface area contributed by atoms with E-state index in [0.717, 1.165) is 17.8 Å². The standard InChI is InChI=1S/C12H15FN2O2/c13-10-5-14-2-1-12(10)17-9-3-8-6-16-7-11(8)15-4-9/h3-4,10,12,14H,1-2,5-7H2. The summed E-state index contributed by atoms with van der Waals surface area (Å²) in [5, 5.41) is 3.00. The molecule has 0 radical (unpaired) electrons. The Hall–Kier alpha value is -1.20. The normalized spacial score (nSPS) is 27.8. The van der Waals surface area contributed by atoms with Crippen molar-refractivity contribution in [2.75, 3.05) is 13.1 Å². The summed E-state index contributed by atoms with van der Waals surface area (Å²) in [5.41, 5.74) is 2.01. The zero-order chi connectivity index (χ0) is 11.7. The minimum absolute atomic E-state index is 0.363. The fourth-order valence-corrected chi connectivity index (χ4v) is 2.20. The number of nitrogens with one attached hydrogen (secondary N) is 1. The maximum atomic E-state index is 13.6. The molecule has 1 N–H and O–H groups in total. The summed E-state index contributed by atoms with van der Waals surface area (Å²) in [6.45, 7) is 2.30. The first-order chi connectivity index (χ1) is 8.33. The second-order valence-electron chi connectivity index (χ2n) is 4.43. The van der Waals surface area contributed by atoms with Crippen molar-refractivity contribution in [2.24, 2.45) is 0 Å². The summed E-state index contributed by atoms with van der Waals surface area (Å²) in [6, 6.07) is 1.91. The molecular weight excluding hydrogens is 223 g/mol. The molecule has 1 aromatic heterocycles. The van der Waals surface area contributed by atoms with E-state index in [4.69, 9.17) is 9.47 Å². The first-order valence-electron chi connectivity index (χ1n) is 5.90.